The predicted octanol–water partition coefficient (Wildman–Crippen LogP) is 9.33. The van der Waals surface area contributed by atoms with Crippen molar-refractivity contribution in [3.8, 4) is 12.4 Å². The molecule has 15 nitrogen and oxygen atoms in total. The molecule has 0 unspecified atom stereocenters. The van der Waals surface area contributed by atoms with Crippen molar-refractivity contribution in [3.05, 3.63) is 177 Å². The summed E-state index contributed by atoms with van der Waals surface area (Å²) in [4.78, 5) is 36.7. The van der Waals surface area contributed by atoms with Crippen LogP contribution in [0.5, 0.6) is 0 Å². The first-order valence-corrected chi connectivity index (χ1v) is 15.7. The number of rotatable bonds is 4. The van der Waals surface area contributed by atoms with Crippen LogP contribution in [-0.4, -0.2) is 42.0 Å². The van der Waals surface area contributed by atoms with Gasteiger partial charge in [0.15, 0.2) is 0 Å². The number of nitro groups is 2. The van der Waals surface area contributed by atoms with Gasteiger partial charge in [0, 0.05) is 77.7 Å². The molecule has 4 heterocycles. The van der Waals surface area contributed by atoms with E-state index in [4.69, 9.17) is 15.6 Å². The fourth-order valence-electron chi connectivity index (χ4n) is 4.77. The standard InChI is InChI=1S/2C12H8N2.2C7H4N3O2.CH4O.Ni/c2*1-3-9-5-6-10-4-2-8-14-12(10)11(9)13-7-1;2*8-5-9-6-1-3-7(4-2-6)10(11)12;1-2;/h2*1-8H;2*1-4H;2H,1H3;/q;;2*-1;;+2. The van der Waals surface area contributed by atoms with Crippen molar-refractivity contribution in [2.45, 2.75) is 0 Å². The first-order valence-electron chi connectivity index (χ1n) is 15.7. The molecule has 0 aliphatic carbocycles. The minimum Gasteiger partial charge on any atom is -0.494 e. The normalized spacial score (nSPS) is 9.38. The van der Waals surface area contributed by atoms with Crippen LogP contribution in [0.4, 0.5) is 22.7 Å². The van der Waals surface area contributed by atoms with Crippen molar-refractivity contribution in [3.63, 3.8) is 0 Å². The zero-order chi connectivity index (χ0) is 38.7. The summed E-state index contributed by atoms with van der Waals surface area (Å²) in [5, 5.41) is 55.0. The van der Waals surface area contributed by atoms with Gasteiger partial charge in [-0.1, -0.05) is 85.2 Å². The van der Waals surface area contributed by atoms with Gasteiger partial charge in [-0.3, -0.25) is 40.2 Å². The Morgan fingerprint density at radius 3 is 0.964 bits per heavy atom. The molecular formula is C39H28N10NiO5. The first kappa shape index (κ1) is 41.8. The van der Waals surface area contributed by atoms with Gasteiger partial charge >= 0.3 is 16.5 Å². The molecule has 0 aliphatic heterocycles. The number of aromatic nitrogens is 4. The molecule has 0 radical (unpaired) electrons. The van der Waals surface area contributed by atoms with Crippen LogP contribution in [0, 0.1) is 43.1 Å². The van der Waals surface area contributed by atoms with Crippen molar-refractivity contribution in [1.82, 2.24) is 19.9 Å². The van der Waals surface area contributed by atoms with Crippen LogP contribution in [0.2, 0.25) is 0 Å². The molecule has 0 saturated heterocycles. The van der Waals surface area contributed by atoms with Crippen molar-refractivity contribution in [1.29, 1.82) is 10.5 Å². The van der Waals surface area contributed by atoms with Gasteiger partial charge in [0.05, 0.1) is 31.9 Å². The molecule has 0 amide bonds. The first-order chi connectivity index (χ1) is 26.4. The van der Waals surface area contributed by atoms with E-state index in [2.05, 4.69) is 79.1 Å². The van der Waals surface area contributed by atoms with Crippen LogP contribution in [0.25, 0.3) is 54.2 Å². The Labute approximate surface area is 323 Å². The fraction of sp³-hybridized carbons (Fsp3) is 0.0256. The molecule has 16 heteroatoms. The molecule has 4 aromatic carbocycles. The molecule has 8 aromatic rings. The van der Waals surface area contributed by atoms with Crippen LogP contribution in [0.3, 0.4) is 0 Å². The van der Waals surface area contributed by atoms with Gasteiger partial charge in [-0.2, -0.15) is 0 Å². The molecule has 0 atom stereocenters. The van der Waals surface area contributed by atoms with E-state index in [0.29, 0.717) is 11.4 Å². The van der Waals surface area contributed by atoms with Crippen LogP contribution in [-0.2, 0) is 16.5 Å². The fourth-order valence-corrected chi connectivity index (χ4v) is 4.77. The topological polar surface area (TPSA) is 234 Å². The van der Waals surface area contributed by atoms with Gasteiger partial charge in [-0.05, 0) is 35.6 Å². The van der Waals surface area contributed by atoms with Gasteiger partial charge in [-0.25, -0.2) is 0 Å². The van der Waals surface area contributed by atoms with Gasteiger partial charge in [0.25, 0.3) is 11.4 Å². The average molecular weight is 775 g/mol. The molecule has 0 spiro atoms. The zero-order valence-electron chi connectivity index (χ0n) is 28.7. The second-order valence-corrected chi connectivity index (χ2v) is 10.4. The Bertz CT molecular complexity index is 2290. The van der Waals surface area contributed by atoms with Crippen LogP contribution < -0.4 is 0 Å². The number of nitriles is 2. The number of nitrogens with zero attached hydrogens (tertiary/aromatic N) is 10. The molecule has 1 N–H and O–H groups in total. The second-order valence-electron chi connectivity index (χ2n) is 10.4. The van der Waals surface area contributed by atoms with Crippen LogP contribution >= 0.6 is 0 Å². The third-order valence-electron chi connectivity index (χ3n) is 7.17. The summed E-state index contributed by atoms with van der Waals surface area (Å²) in [6, 6.07) is 35.2. The number of aliphatic hydroxyl groups excluding tert-OH is 1. The largest absolute Gasteiger partial charge is 2.00 e. The van der Waals surface area contributed by atoms with Gasteiger partial charge < -0.3 is 26.3 Å². The maximum Gasteiger partial charge on any atom is 2.00 e. The summed E-state index contributed by atoms with van der Waals surface area (Å²) in [5.41, 5.74) is 4.73. The van der Waals surface area contributed by atoms with E-state index >= 15 is 0 Å². The van der Waals surface area contributed by atoms with Crippen molar-refractivity contribution in [2.75, 3.05) is 7.11 Å². The summed E-state index contributed by atoms with van der Waals surface area (Å²) in [6.45, 7) is 0. The molecule has 55 heavy (non-hydrogen) atoms. The smallest absolute Gasteiger partial charge is 0.494 e. The minimum absolute atomic E-state index is 0. The quantitative estimate of drug-likeness (QED) is 0.0581. The predicted molar refractivity (Wildman–Crippen MR) is 206 cm³/mol. The molecule has 274 valence electrons. The van der Waals surface area contributed by atoms with E-state index in [-0.39, 0.29) is 27.9 Å². The number of benzene rings is 4. The third kappa shape index (κ3) is 11.7. The van der Waals surface area contributed by atoms with E-state index in [1.54, 1.807) is 37.2 Å². The van der Waals surface area contributed by atoms with E-state index in [1.165, 1.54) is 48.5 Å². The van der Waals surface area contributed by atoms with E-state index in [1.807, 2.05) is 24.3 Å². The Kier molecular flexibility index (Phi) is 16.4. The monoisotopic (exact) mass is 774 g/mol. The Hall–Kier alpha value is -7.65. The van der Waals surface area contributed by atoms with Gasteiger partial charge in [-0.15, -0.1) is 0 Å². The number of non-ortho nitro benzene ring substituents is 2. The molecule has 0 bridgehead atoms. The maximum absolute atomic E-state index is 10.2. The maximum atomic E-state index is 10.2. The third-order valence-corrected chi connectivity index (χ3v) is 7.17. The number of aliphatic hydroxyl groups is 1. The van der Waals surface area contributed by atoms with Crippen molar-refractivity contribution in [2.24, 2.45) is 0 Å². The minimum atomic E-state index is -0.504. The number of pyridine rings is 4. The zero-order valence-corrected chi connectivity index (χ0v) is 29.7. The Morgan fingerprint density at radius 1 is 0.491 bits per heavy atom. The number of hydrogen-bond donors (Lipinski definition) is 1. The van der Waals surface area contributed by atoms with Gasteiger partial charge in [0.2, 0.25) is 0 Å². The summed E-state index contributed by atoms with van der Waals surface area (Å²) < 4.78 is 0. The SMILES string of the molecule is CO.N#C[N-]c1ccc([N+](=O)[O-])cc1.N#C[N-]c1ccc([N+](=O)[O-])cc1.[Ni+2].c1cnc2c(c1)ccc1cccnc12.c1cnc2c(c1)ccc1cccnc12. The summed E-state index contributed by atoms with van der Waals surface area (Å²) >= 11 is 0. The summed E-state index contributed by atoms with van der Waals surface area (Å²) in [7, 11) is 1.00. The molecule has 0 fully saturated rings. The molecule has 8 rings (SSSR count). The molecular weight excluding hydrogens is 747 g/mol. The van der Waals surface area contributed by atoms with Crippen molar-refractivity contribution < 1.29 is 31.4 Å². The van der Waals surface area contributed by atoms with Gasteiger partial charge in [0.1, 0.15) is 0 Å². The van der Waals surface area contributed by atoms with E-state index in [9.17, 15) is 20.2 Å². The average Bonchev–Trinajstić information content (AvgIpc) is 3.23. The Morgan fingerprint density at radius 2 is 0.745 bits per heavy atom. The van der Waals surface area contributed by atoms with E-state index < -0.39 is 9.85 Å². The van der Waals surface area contributed by atoms with Crippen molar-refractivity contribution >= 4 is 66.4 Å². The van der Waals surface area contributed by atoms with Crippen LogP contribution in [0.15, 0.2) is 146 Å². The molecule has 4 aromatic heterocycles. The summed E-state index contributed by atoms with van der Waals surface area (Å²) in [6.07, 6.45) is 10.4. The van der Waals surface area contributed by atoms with E-state index in [0.717, 1.165) is 50.7 Å². The van der Waals surface area contributed by atoms with Crippen LogP contribution in [0.1, 0.15) is 0 Å². The second kappa shape index (κ2) is 21.7. The number of nitro benzene ring substituents is 2. The summed E-state index contributed by atoms with van der Waals surface area (Å²) in [5.74, 6) is 0. The molecule has 0 saturated carbocycles. The number of fused-ring (bicyclic) bond motifs is 6. The Balaban J connectivity index is 0.000000193. The molecule has 0 aliphatic rings. The number of hydrogen-bond acceptors (Lipinski definition) is 11.